The molecule has 0 saturated heterocycles. The molecule has 3 amide bonds. The third kappa shape index (κ3) is 16.5. The number of allylic oxidation sites excluding steroid dienone is 4. The molecule has 0 unspecified atom stereocenters. The molecular formula is C32H48FN5O5. The van der Waals surface area contributed by atoms with E-state index in [0.29, 0.717) is 23.4 Å². The average Bonchev–Trinajstić information content (AvgIpc) is 3.03. The van der Waals surface area contributed by atoms with Crippen LogP contribution >= 0.6 is 0 Å². The number of halogens is 1. The number of guanidine groups is 1. The number of ether oxygens (including phenoxy) is 1. The van der Waals surface area contributed by atoms with Crippen molar-refractivity contribution in [2.24, 2.45) is 4.99 Å². The molecule has 0 aliphatic rings. The summed E-state index contributed by atoms with van der Waals surface area (Å²) in [4.78, 5) is 45.3. The van der Waals surface area contributed by atoms with E-state index in [1.807, 2.05) is 27.7 Å². The first-order valence-corrected chi connectivity index (χ1v) is 14.3. The summed E-state index contributed by atoms with van der Waals surface area (Å²) in [7, 11) is 2.80. The zero-order valence-corrected chi connectivity index (χ0v) is 27.1. The second-order valence-corrected chi connectivity index (χ2v) is 8.30. The fraction of sp³-hybridized carbons (Fsp3) is 0.406. The zero-order chi connectivity index (χ0) is 33.4. The lowest BCUT2D eigenvalue weighted by Crippen LogP contribution is -2.48. The molecule has 10 nitrogen and oxygen atoms in total. The van der Waals surface area contributed by atoms with Crippen LogP contribution in [0.5, 0.6) is 5.88 Å². The molecule has 43 heavy (non-hydrogen) atoms. The van der Waals surface area contributed by atoms with Crippen molar-refractivity contribution in [2.75, 3.05) is 14.1 Å². The lowest BCUT2D eigenvalue weighted by molar-refractivity contribution is -0.115. The van der Waals surface area contributed by atoms with Gasteiger partial charge in [0.2, 0.25) is 18.2 Å². The number of aliphatic imine (C=N–C) groups is 1. The van der Waals surface area contributed by atoms with Gasteiger partial charge in [0.1, 0.15) is 11.6 Å². The Bertz CT molecular complexity index is 1190. The molecule has 2 N–H and O–H groups in total. The van der Waals surface area contributed by atoms with Crippen LogP contribution in [0, 0.1) is 5.82 Å². The highest BCUT2D eigenvalue weighted by atomic mass is 19.1. The molecule has 0 bridgehead atoms. The highest BCUT2D eigenvalue weighted by Crippen LogP contribution is 2.13. The number of urea groups is 1. The lowest BCUT2D eigenvalue weighted by Gasteiger charge is -2.27. The predicted molar refractivity (Wildman–Crippen MR) is 170 cm³/mol. The van der Waals surface area contributed by atoms with Gasteiger partial charge in [0, 0.05) is 32.1 Å². The van der Waals surface area contributed by atoms with Gasteiger partial charge in [0.05, 0.1) is 12.1 Å². The highest BCUT2D eigenvalue weighted by Gasteiger charge is 2.23. The Morgan fingerprint density at radius 2 is 1.63 bits per heavy atom. The summed E-state index contributed by atoms with van der Waals surface area (Å²) in [6, 6.07) is 7.64. The first kappa shape index (κ1) is 40.6. The third-order valence-electron chi connectivity index (χ3n) is 5.04. The highest BCUT2D eigenvalue weighted by molar-refractivity contribution is 5.99. The number of carboxylic acid groups (broad SMARTS) is 1. The number of pyridine rings is 1. The van der Waals surface area contributed by atoms with E-state index in [2.05, 4.69) is 29.1 Å². The van der Waals surface area contributed by atoms with Crippen molar-refractivity contribution in [1.29, 1.82) is 0 Å². The Hall–Kier alpha value is -4.54. The van der Waals surface area contributed by atoms with Crippen LogP contribution in [0.15, 0.2) is 71.2 Å². The van der Waals surface area contributed by atoms with E-state index in [0.717, 1.165) is 4.90 Å². The standard InChI is InChI=1S/C24H26FN5O5.C4H10.2C2H6/c1-16(5-6-17(2)35-21-13-19(22(32)33)11-12-27-21)28-23(26-3)30(24(34)29(4)15-31)14-18-7-9-20(25)10-8-18;1-3-4-2;2*1-2/h5-13,15H,14H2,1-4H3,(H,26,28)(H,32,33);3-4H2,1-2H3;2*1-2H3/b16-5+,17-6+;;;. The van der Waals surface area contributed by atoms with Gasteiger partial charge in [-0.3, -0.25) is 19.6 Å². The topological polar surface area (TPSA) is 124 Å². The lowest BCUT2D eigenvalue weighted by atomic mass is 10.2. The van der Waals surface area contributed by atoms with Crippen LogP contribution in [0.4, 0.5) is 9.18 Å². The van der Waals surface area contributed by atoms with Gasteiger partial charge >= 0.3 is 12.0 Å². The van der Waals surface area contributed by atoms with E-state index in [4.69, 9.17) is 9.84 Å². The molecule has 1 aromatic carbocycles. The second kappa shape index (κ2) is 24.1. The number of unbranched alkanes of at least 4 members (excludes halogenated alkanes) is 1. The molecule has 0 aliphatic heterocycles. The second-order valence-electron chi connectivity index (χ2n) is 8.30. The minimum absolute atomic E-state index is 0.0355. The molecule has 0 saturated carbocycles. The van der Waals surface area contributed by atoms with Crippen molar-refractivity contribution in [3.05, 3.63) is 83.1 Å². The molecular weight excluding hydrogens is 553 g/mol. The first-order valence-electron chi connectivity index (χ1n) is 14.3. The van der Waals surface area contributed by atoms with Crippen LogP contribution in [0.1, 0.15) is 84.2 Å². The number of carboxylic acids is 1. The summed E-state index contributed by atoms with van der Waals surface area (Å²) in [5.41, 5.74) is 1.25. The number of carbonyl (C=O) groups is 3. The smallest absolute Gasteiger partial charge is 0.335 e. The van der Waals surface area contributed by atoms with Crippen molar-refractivity contribution in [2.45, 2.75) is 74.8 Å². The van der Waals surface area contributed by atoms with Crippen LogP contribution in [0.25, 0.3) is 0 Å². The van der Waals surface area contributed by atoms with E-state index in [9.17, 15) is 18.8 Å². The first-order chi connectivity index (χ1) is 20.6. The summed E-state index contributed by atoms with van der Waals surface area (Å²) in [5, 5.41) is 12.1. The number of benzene rings is 1. The third-order valence-corrected chi connectivity index (χ3v) is 5.04. The van der Waals surface area contributed by atoms with Crippen LogP contribution in [0.3, 0.4) is 0 Å². The fourth-order valence-corrected chi connectivity index (χ4v) is 2.74. The van der Waals surface area contributed by atoms with Gasteiger partial charge in [-0.25, -0.2) is 19.0 Å². The Labute approximate surface area is 256 Å². The van der Waals surface area contributed by atoms with Crippen LogP contribution < -0.4 is 10.1 Å². The van der Waals surface area contributed by atoms with Gasteiger partial charge in [0.25, 0.3) is 0 Å². The minimum Gasteiger partial charge on any atom is -0.478 e. The Kier molecular flexibility index (Phi) is 22.8. The fourth-order valence-electron chi connectivity index (χ4n) is 2.74. The maximum Gasteiger partial charge on any atom is 0.335 e. The number of carbonyl (C=O) groups excluding carboxylic acids is 2. The summed E-state index contributed by atoms with van der Waals surface area (Å²) in [5.74, 6) is -0.792. The Balaban J connectivity index is 0. The molecule has 0 spiro atoms. The number of hydrogen-bond donors (Lipinski definition) is 2. The molecule has 0 aliphatic carbocycles. The van der Waals surface area contributed by atoms with Gasteiger partial charge in [-0.1, -0.05) is 66.5 Å². The van der Waals surface area contributed by atoms with Gasteiger partial charge in [0.15, 0.2) is 0 Å². The largest absolute Gasteiger partial charge is 0.478 e. The van der Waals surface area contributed by atoms with E-state index in [-0.39, 0.29) is 23.9 Å². The van der Waals surface area contributed by atoms with Gasteiger partial charge < -0.3 is 15.2 Å². The normalized spacial score (nSPS) is 10.8. The number of imide groups is 1. The van der Waals surface area contributed by atoms with Crippen LogP contribution in [-0.2, 0) is 11.3 Å². The molecule has 11 heteroatoms. The molecule has 1 heterocycles. The van der Waals surface area contributed by atoms with Gasteiger partial charge in [-0.2, -0.15) is 0 Å². The van der Waals surface area contributed by atoms with Crippen molar-refractivity contribution >= 4 is 24.4 Å². The number of aromatic nitrogens is 1. The number of hydrogen-bond acceptors (Lipinski definition) is 6. The van der Waals surface area contributed by atoms with Crippen molar-refractivity contribution in [3.63, 3.8) is 0 Å². The van der Waals surface area contributed by atoms with Crippen molar-refractivity contribution in [1.82, 2.24) is 20.1 Å². The average molecular weight is 602 g/mol. The number of amides is 3. The SMILES string of the molecule is CC.CC.CCCC.CN=C(N/C(C)=C/C=C(\C)Oc1cc(C(=O)O)ccn1)N(Cc1ccc(F)cc1)C(=O)N(C)C=O. The Morgan fingerprint density at radius 3 is 2.12 bits per heavy atom. The monoisotopic (exact) mass is 601 g/mol. The van der Waals surface area contributed by atoms with Crippen LogP contribution in [0.2, 0.25) is 0 Å². The quantitative estimate of drug-likeness (QED) is 0.102. The number of rotatable bonds is 9. The molecule has 0 fully saturated rings. The summed E-state index contributed by atoms with van der Waals surface area (Å²) in [6.45, 7) is 15.8. The molecule has 2 rings (SSSR count). The van der Waals surface area contributed by atoms with Gasteiger partial charge in [-0.15, -0.1) is 0 Å². The summed E-state index contributed by atoms with van der Waals surface area (Å²) < 4.78 is 18.8. The predicted octanol–water partition coefficient (Wildman–Crippen LogP) is 7.25. The molecule has 0 atom stereocenters. The van der Waals surface area contributed by atoms with Gasteiger partial charge in [-0.05, 0) is 49.8 Å². The zero-order valence-electron chi connectivity index (χ0n) is 27.1. The Morgan fingerprint density at radius 1 is 1.05 bits per heavy atom. The van der Waals surface area contributed by atoms with Crippen molar-refractivity contribution < 1.29 is 28.6 Å². The molecule has 2 aromatic rings. The van der Waals surface area contributed by atoms with E-state index in [1.54, 1.807) is 26.0 Å². The molecule has 238 valence electrons. The van der Waals surface area contributed by atoms with Crippen LogP contribution in [-0.4, -0.2) is 58.4 Å². The maximum absolute atomic E-state index is 13.3. The van der Waals surface area contributed by atoms with E-state index >= 15 is 0 Å². The van der Waals surface area contributed by atoms with Crippen molar-refractivity contribution in [3.8, 4) is 5.88 Å². The summed E-state index contributed by atoms with van der Waals surface area (Å²) >= 11 is 0. The van der Waals surface area contributed by atoms with E-state index in [1.165, 1.54) is 74.4 Å². The molecule has 0 radical (unpaired) electrons. The number of nitrogens with one attached hydrogen (secondary N) is 1. The summed E-state index contributed by atoms with van der Waals surface area (Å²) in [6.07, 6.45) is 7.63. The number of aromatic carboxylic acids is 1. The van der Waals surface area contributed by atoms with E-state index < -0.39 is 17.8 Å². The maximum atomic E-state index is 13.3. The number of nitrogens with zero attached hydrogens (tertiary/aromatic N) is 4. The minimum atomic E-state index is -1.09. The molecule has 1 aromatic heterocycles.